The molecule has 0 saturated heterocycles. The van der Waals surface area contributed by atoms with Crippen LogP contribution in [0.3, 0.4) is 0 Å². The summed E-state index contributed by atoms with van der Waals surface area (Å²) in [6.45, 7) is 0. The summed E-state index contributed by atoms with van der Waals surface area (Å²) >= 11 is 0. The molecule has 0 spiro atoms. The molecular weight excluding hydrogens is 280 g/mol. The predicted octanol–water partition coefficient (Wildman–Crippen LogP) is 1.82. The van der Waals surface area contributed by atoms with Crippen molar-refractivity contribution in [2.45, 2.75) is 25.2 Å². The minimum Gasteiger partial charge on any atom is -0.337 e. The van der Waals surface area contributed by atoms with E-state index in [1.165, 1.54) is 6.20 Å². The molecule has 0 bridgehead atoms. The molecule has 0 amide bonds. The number of aryl methyl sites for hydroxylation is 2. The van der Waals surface area contributed by atoms with Crippen molar-refractivity contribution < 1.29 is 9.59 Å². The lowest BCUT2D eigenvalue weighted by Crippen LogP contribution is -2.18. The first-order valence-corrected chi connectivity index (χ1v) is 7.05. The Morgan fingerprint density at radius 1 is 1.41 bits per heavy atom. The van der Waals surface area contributed by atoms with Crippen molar-refractivity contribution in [3.8, 4) is 6.07 Å². The summed E-state index contributed by atoms with van der Waals surface area (Å²) in [6, 6.07) is 3.56. The Bertz CT molecular complexity index is 801. The number of carbonyl (C=O) groups is 2. The molecule has 1 unspecified atom stereocenters. The van der Waals surface area contributed by atoms with E-state index in [0.29, 0.717) is 17.8 Å². The number of nitriles is 1. The normalized spacial score (nSPS) is 15.0. The number of ketones is 2. The SMILES string of the molecule is Cn1ccnc1C(C#N)C(=O)c1cnc2c(c1)C(=O)CCC2. The first-order valence-electron chi connectivity index (χ1n) is 7.05. The van der Waals surface area contributed by atoms with E-state index in [9.17, 15) is 14.9 Å². The van der Waals surface area contributed by atoms with Crippen LogP contribution in [0.4, 0.5) is 0 Å². The molecule has 6 heteroatoms. The van der Waals surface area contributed by atoms with Gasteiger partial charge in [-0.05, 0) is 18.9 Å². The second-order valence-corrected chi connectivity index (χ2v) is 5.32. The van der Waals surface area contributed by atoms with Crippen LogP contribution in [0.2, 0.25) is 0 Å². The molecule has 0 saturated carbocycles. The lowest BCUT2D eigenvalue weighted by molar-refractivity contribution is 0.0971. The number of fused-ring (bicyclic) bond motifs is 1. The van der Waals surface area contributed by atoms with Gasteiger partial charge in [0.2, 0.25) is 0 Å². The second-order valence-electron chi connectivity index (χ2n) is 5.32. The number of carbonyl (C=O) groups excluding carboxylic acids is 2. The van der Waals surface area contributed by atoms with Crippen LogP contribution in [0.25, 0.3) is 0 Å². The van der Waals surface area contributed by atoms with E-state index in [0.717, 1.165) is 18.5 Å². The third kappa shape index (κ3) is 2.31. The molecule has 2 aromatic rings. The van der Waals surface area contributed by atoms with Gasteiger partial charge in [-0.2, -0.15) is 5.26 Å². The van der Waals surface area contributed by atoms with Crippen molar-refractivity contribution in [2.24, 2.45) is 7.05 Å². The van der Waals surface area contributed by atoms with Gasteiger partial charge in [-0.25, -0.2) is 4.98 Å². The zero-order valence-corrected chi connectivity index (χ0v) is 12.1. The molecule has 22 heavy (non-hydrogen) atoms. The Balaban J connectivity index is 1.99. The van der Waals surface area contributed by atoms with Gasteiger partial charge < -0.3 is 4.57 Å². The highest BCUT2D eigenvalue weighted by Crippen LogP contribution is 2.23. The first kappa shape index (κ1) is 14.1. The van der Waals surface area contributed by atoms with Crippen molar-refractivity contribution in [3.05, 3.63) is 47.3 Å². The highest BCUT2D eigenvalue weighted by molar-refractivity contribution is 6.05. The number of hydrogen-bond donors (Lipinski definition) is 0. The van der Waals surface area contributed by atoms with Crippen LogP contribution in [0.1, 0.15) is 51.0 Å². The number of pyridine rings is 1. The highest BCUT2D eigenvalue weighted by Gasteiger charge is 2.27. The van der Waals surface area contributed by atoms with Crippen molar-refractivity contribution >= 4 is 11.6 Å². The minimum atomic E-state index is -1.00. The molecule has 0 aliphatic heterocycles. The molecule has 0 N–H and O–H groups in total. The number of hydrogen-bond acceptors (Lipinski definition) is 5. The fraction of sp³-hybridized carbons (Fsp3) is 0.312. The average molecular weight is 294 g/mol. The van der Waals surface area contributed by atoms with Crippen LogP contribution in [0.5, 0.6) is 0 Å². The van der Waals surface area contributed by atoms with Crippen LogP contribution in [-0.4, -0.2) is 26.1 Å². The molecule has 2 heterocycles. The molecular formula is C16H14N4O2. The van der Waals surface area contributed by atoms with Crippen LogP contribution in [0, 0.1) is 11.3 Å². The van der Waals surface area contributed by atoms with E-state index in [1.54, 1.807) is 30.1 Å². The molecule has 0 aromatic carbocycles. The van der Waals surface area contributed by atoms with Gasteiger partial charge in [-0.3, -0.25) is 14.6 Å². The van der Waals surface area contributed by atoms with Crippen LogP contribution >= 0.6 is 0 Å². The van der Waals surface area contributed by atoms with E-state index >= 15 is 0 Å². The van der Waals surface area contributed by atoms with Crippen molar-refractivity contribution in [1.29, 1.82) is 5.26 Å². The molecule has 1 atom stereocenters. The smallest absolute Gasteiger partial charge is 0.189 e. The first-order chi connectivity index (χ1) is 10.6. The van der Waals surface area contributed by atoms with E-state index in [1.807, 2.05) is 6.07 Å². The van der Waals surface area contributed by atoms with Crippen molar-refractivity contribution in [2.75, 3.05) is 0 Å². The van der Waals surface area contributed by atoms with Gasteiger partial charge in [0.25, 0.3) is 0 Å². The largest absolute Gasteiger partial charge is 0.337 e. The van der Waals surface area contributed by atoms with E-state index in [-0.39, 0.29) is 17.1 Å². The summed E-state index contributed by atoms with van der Waals surface area (Å²) in [6.07, 6.45) is 6.69. The summed E-state index contributed by atoms with van der Waals surface area (Å²) in [5.74, 6) is -0.991. The van der Waals surface area contributed by atoms with Gasteiger partial charge in [0.05, 0.1) is 11.8 Å². The standard InChI is InChI=1S/C16H14N4O2/c1-20-6-5-18-16(20)12(8-17)15(22)10-7-11-13(19-9-10)3-2-4-14(11)21/h5-7,9,12H,2-4H2,1H3. The molecule has 1 aliphatic carbocycles. The molecule has 110 valence electrons. The van der Waals surface area contributed by atoms with Crippen molar-refractivity contribution in [1.82, 2.24) is 14.5 Å². The van der Waals surface area contributed by atoms with Crippen LogP contribution in [0.15, 0.2) is 24.7 Å². The summed E-state index contributed by atoms with van der Waals surface area (Å²) in [4.78, 5) is 32.8. The molecule has 3 rings (SSSR count). The monoisotopic (exact) mass is 294 g/mol. The molecule has 6 nitrogen and oxygen atoms in total. The zero-order valence-electron chi connectivity index (χ0n) is 12.1. The van der Waals surface area contributed by atoms with Gasteiger partial charge >= 0.3 is 0 Å². The Hall–Kier alpha value is -2.81. The Labute approximate surface area is 127 Å². The zero-order chi connectivity index (χ0) is 15.7. The number of aromatic nitrogens is 3. The summed E-state index contributed by atoms with van der Waals surface area (Å²) in [7, 11) is 1.73. The van der Waals surface area contributed by atoms with Gasteiger partial charge in [0, 0.05) is 43.2 Å². The minimum absolute atomic E-state index is 0.00824. The quantitative estimate of drug-likeness (QED) is 0.806. The Kier molecular flexibility index (Phi) is 3.55. The van der Waals surface area contributed by atoms with E-state index < -0.39 is 5.92 Å². The summed E-state index contributed by atoms with van der Waals surface area (Å²) in [5.41, 5.74) is 1.52. The van der Waals surface area contributed by atoms with Crippen molar-refractivity contribution in [3.63, 3.8) is 0 Å². The Morgan fingerprint density at radius 2 is 2.23 bits per heavy atom. The maximum Gasteiger partial charge on any atom is 0.189 e. The second kappa shape index (κ2) is 5.53. The number of imidazole rings is 1. The van der Waals surface area contributed by atoms with Gasteiger partial charge in [-0.1, -0.05) is 0 Å². The molecule has 1 aliphatic rings. The molecule has 0 fully saturated rings. The number of nitrogens with zero attached hydrogens (tertiary/aromatic N) is 4. The van der Waals surface area contributed by atoms with Crippen LogP contribution < -0.4 is 0 Å². The highest BCUT2D eigenvalue weighted by atomic mass is 16.1. The summed E-state index contributed by atoms with van der Waals surface area (Å²) in [5, 5.41) is 9.33. The maximum atomic E-state index is 12.6. The topological polar surface area (TPSA) is 88.6 Å². The fourth-order valence-corrected chi connectivity index (χ4v) is 2.68. The average Bonchev–Trinajstić information content (AvgIpc) is 2.94. The fourth-order valence-electron chi connectivity index (χ4n) is 2.68. The molecule has 2 aromatic heterocycles. The maximum absolute atomic E-state index is 12.6. The van der Waals surface area contributed by atoms with E-state index in [4.69, 9.17) is 0 Å². The number of Topliss-reactive ketones (excluding diaryl/α,β-unsaturated/α-hetero) is 2. The summed E-state index contributed by atoms with van der Waals surface area (Å²) < 4.78 is 1.64. The predicted molar refractivity (Wildman–Crippen MR) is 77.4 cm³/mol. The van der Waals surface area contributed by atoms with Crippen LogP contribution in [-0.2, 0) is 13.5 Å². The Morgan fingerprint density at radius 3 is 2.91 bits per heavy atom. The lowest BCUT2D eigenvalue weighted by atomic mass is 9.91. The van der Waals surface area contributed by atoms with Gasteiger partial charge in [0.15, 0.2) is 17.5 Å². The van der Waals surface area contributed by atoms with Gasteiger partial charge in [-0.15, -0.1) is 0 Å². The third-order valence-corrected chi connectivity index (χ3v) is 3.88. The third-order valence-electron chi connectivity index (χ3n) is 3.88. The number of rotatable bonds is 3. The lowest BCUT2D eigenvalue weighted by Gasteiger charge is -2.15. The molecule has 0 radical (unpaired) electrons. The van der Waals surface area contributed by atoms with Gasteiger partial charge in [0.1, 0.15) is 5.82 Å². The van der Waals surface area contributed by atoms with E-state index in [2.05, 4.69) is 9.97 Å².